The molecule has 0 amide bonds. The number of fused-ring (bicyclic) bond motifs is 2. The van der Waals surface area contributed by atoms with Gasteiger partial charge in [-0.2, -0.15) is 0 Å². The van der Waals surface area contributed by atoms with E-state index >= 15 is 0 Å². The topological polar surface area (TPSA) is 46.2 Å². The Hall–Kier alpha value is -0.200. The molecule has 5 nitrogen and oxygen atoms in total. The summed E-state index contributed by atoms with van der Waals surface area (Å²) in [7, 11) is 0. The van der Waals surface area contributed by atoms with Crippen molar-refractivity contribution < 1.29 is 24.0 Å². The van der Waals surface area contributed by atoms with E-state index in [1.165, 1.54) is 25.7 Å². The zero-order chi connectivity index (χ0) is 17.9. The smallest absolute Gasteiger partial charge is 0.201 e. The Morgan fingerprint density at radius 1 is 0.885 bits per heavy atom. The third kappa shape index (κ3) is 2.61. The third-order valence-corrected chi connectivity index (χ3v) is 7.98. The number of rotatable bonds is 2. The molecule has 0 aromatic carbocycles. The lowest BCUT2D eigenvalue weighted by Gasteiger charge is -2.60. The average molecular weight is 366 g/mol. The Bertz CT molecular complexity index is 534. The van der Waals surface area contributed by atoms with Gasteiger partial charge in [0, 0.05) is 18.3 Å². The number of hydrogen-bond acceptors (Lipinski definition) is 5. The van der Waals surface area contributed by atoms with E-state index in [0.717, 1.165) is 32.1 Å². The summed E-state index contributed by atoms with van der Waals surface area (Å²) in [6.45, 7) is 6.61. The summed E-state index contributed by atoms with van der Waals surface area (Å²) >= 11 is 0. The molecule has 3 unspecified atom stereocenters. The van der Waals surface area contributed by atoms with E-state index in [-0.39, 0.29) is 18.5 Å². The van der Waals surface area contributed by atoms with Gasteiger partial charge in [0.2, 0.25) is 5.79 Å². The van der Waals surface area contributed by atoms with Gasteiger partial charge >= 0.3 is 0 Å². The molecule has 26 heavy (non-hydrogen) atoms. The van der Waals surface area contributed by atoms with E-state index in [1.807, 2.05) is 6.92 Å². The Labute approximate surface area is 157 Å². The van der Waals surface area contributed by atoms with Crippen LogP contribution in [-0.2, 0) is 24.0 Å². The standard InChI is InChI=1S/C21H34O5/c1-13-9-10-17-14(2)18(22-15-7-5-4-6-8-15)23-19-21(17)16(13)11-12-20(3,24-19)25-26-21/h13-19H,4-12H2,1-3H3/t13-,14-,16?,17?,18?,19-,20+,21-/m1/s1. The van der Waals surface area contributed by atoms with Gasteiger partial charge in [0.25, 0.3) is 0 Å². The molecule has 8 atom stereocenters. The Kier molecular flexibility index (Phi) is 4.41. The van der Waals surface area contributed by atoms with Gasteiger partial charge in [-0.1, -0.05) is 33.1 Å². The highest BCUT2D eigenvalue weighted by molar-refractivity contribution is 5.09. The van der Waals surface area contributed by atoms with Gasteiger partial charge in [0.15, 0.2) is 18.2 Å². The average Bonchev–Trinajstić information content (AvgIpc) is 2.86. The fourth-order valence-corrected chi connectivity index (χ4v) is 6.42. The van der Waals surface area contributed by atoms with Crippen molar-refractivity contribution in [2.45, 2.75) is 109 Å². The van der Waals surface area contributed by atoms with Crippen LogP contribution in [0.5, 0.6) is 0 Å². The highest BCUT2D eigenvalue weighted by Gasteiger charge is 2.69. The fraction of sp³-hybridized carbons (Fsp3) is 1.00. The minimum Gasteiger partial charge on any atom is -0.349 e. The molecule has 4 aliphatic heterocycles. The Balaban J connectivity index is 1.44. The summed E-state index contributed by atoms with van der Waals surface area (Å²) in [6, 6.07) is 0. The van der Waals surface area contributed by atoms with Crippen molar-refractivity contribution in [2.24, 2.45) is 23.7 Å². The second-order valence-corrected chi connectivity index (χ2v) is 9.67. The molecule has 4 saturated heterocycles. The predicted octanol–water partition coefficient (Wildman–Crippen LogP) is 4.54. The monoisotopic (exact) mass is 366 g/mol. The molecule has 0 aromatic rings. The molecule has 5 heteroatoms. The van der Waals surface area contributed by atoms with Crippen molar-refractivity contribution in [3.05, 3.63) is 0 Å². The van der Waals surface area contributed by atoms with Gasteiger partial charge in [0.1, 0.15) is 0 Å². The minimum absolute atomic E-state index is 0.195. The first-order valence-corrected chi connectivity index (χ1v) is 10.9. The van der Waals surface area contributed by atoms with Crippen LogP contribution in [0, 0.1) is 23.7 Å². The minimum atomic E-state index is -0.701. The van der Waals surface area contributed by atoms with E-state index in [9.17, 15) is 0 Å². The van der Waals surface area contributed by atoms with Crippen LogP contribution in [0.15, 0.2) is 0 Å². The first kappa shape index (κ1) is 17.9. The van der Waals surface area contributed by atoms with Crippen molar-refractivity contribution in [1.29, 1.82) is 0 Å². The van der Waals surface area contributed by atoms with Crippen molar-refractivity contribution in [3.8, 4) is 0 Å². The first-order valence-electron chi connectivity index (χ1n) is 10.9. The molecule has 6 rings (SSSR count). The molecule has 1 spiro atoms. The van der Waals surface area contributed by atoms with E-state index in [1.54, 1.807) is 0 Å². The maximum atomic E-state index is 6.51. The maximum Gasteiger partial charge on any atom is 0.201 e. The van der Waals surface area contributed by atoms with E-state index in [0.29, 0.717) is 23.9 Å². The quantitative estimate of drug-likeness (QED) is 0.671. The summed E-state index contributed by atoms with van der Waals surface area (Å²) in [5.41, 5.74) is -0.473. The zero-order valence-electron chi connectivity index (χ0n) is 16.4. The van der Waals surface area contributed by atoms with Gasteiger partial charge in [-0.3, -0.25) is 0 Å². The molecule has 2 saturated carbocycles. The lowest BCUT2D eigenvalue weighted by molar-refractivity contribution is -0.578. The van der Waals surface area contributed by atoms with Gasteiger partial charge in [-0.05, 0) is 50.9 Å². The Morgan fingerprint density at radius 3 is 2.50 bits per heavy atom. The summed E-state index contributed by atoms with van der Waals surface area (Å²) in [5, 5.41) is 0. The van der Waals surface area contributed by atoms with Crippen LogP contribution < -0.4 is 0 Å². The van der Waals surface area contributed by atoms with Gasteiger partial charge < -0.3 is 14.2 Å². The normalized spacial score (nSPS) is 54.6. The molecular formula is C21H34O5. The third-order valence-electron chi connectivity index (χ3n) is 7.98. The molecular weight excluding hydrogens is 332 g/mol. The van der Waals surface area contributed by atoms with Crippen LogP contribution in [0.25, 0.3) is 0 Å². The predicted molar refractivity (Wildman–Crippen MR) is 94.8 cm³/mol. The molecule has 0 N–H and O–H groups in total. The molecule has 148 valence electrons. The van der Waals surface area contributed by atoms with E-state index in [2.05, 4.69) is 13.8 Å². The fourth-order valence-electron chi connectivity index (χ4n) is 6.42. The largest absolute Gasteiger partial charge is 0.349 e. The van der Waals surface area contributed by atoms with Crippen LogP contribution in [0.3, 0.4) is 0 Å². The zero-order valence-corrected chi connectivity index (χ0v) is 16.4. The van der Waals surface area contributed by atoms with Crippen LogP contribution in [0.4, 0.5) is 0 Å². The molecule has 4 heterocycles. The van der Waals surface area contributed by atoms with Crippen LogP contribution in [-0.4, -0.2) is 30.1 Å². The molecule has 6 fully saturated rings. The van der Waals surface area contributed by atoms with Crippen LogP contribution >= 0.6 is 0 Å². The molecule has 6 aliphatic rings. The first-order chi connectivity index (χ1) is 12.5. The molecule has 2 bridgehead atoms. The van der Waals surface area contributed by atoms with Crippen LogP contribution in [0.1, 0.15) is 78.6 Å². The molecule has 0 aromatic heterocycles. The van der Waals surface area contributed by atoms with Crippen molar-refractivity contribution in [3.63, 3.8) is 0 Å². The van der Waals surface area contributed by atoms with Crippen molar-refractivity contribution in [1.82, 2.24) is 0 Å². The lowest BCUT2D eigenvalue weighted by Crippen LogP contribution is -2.70. The number of hydrogen-bond donors (Lipinski definition) is 0. The second kappa shape index (κ2) is 6.41. The SMILES string of the molecule is C[C@H]1C(OC2CCCCC2)O[C@@H]2O[C@]3(C)CCC4[C@H](C)CCC1[C@]42OO3. The summed E-state index contributed by atoms with van der Waals surface area (Å²) in [6.07, 6.45) is 10.3. The Morgan fingerprint density at radius 2 is 1.69 bits per heavy atom. The van der Waals surface area contributed by atoms with Gasteiger partial charge in [-0.25, -0.2) is 9.78 Å². The van der Waals surface area contributed by atoms with Gasteiger partial charge in [0.05, 0.1) is 6.10 Å². The lowest BCUT2D eigenvalue weighted by atomic mass is 9.58. The van der Waals surface area contributed by atoms with E-state index in [4.69, 9.17) is 24.0 Å². The number of ether oxygens (including phenoxy) is 3. The van der Waals surface area contributed by atoms with Crippen LogP contribution in [0.2, 0.25) is 0 Å². The second-order valence-electron chi connectivity index (χ2n) is 9.67. The highest BCUT2D eigenvalue weighted by Crippen LogP contribution is 2.60. The van der Waals surface area contributed by atoms with E-state index < -0.39 is 11.4 Å². The molecule has 2 aliphatic carbocycles. The van der Waals surface area contributed by atoms with Gasteiger partial charge in [-0.15, -0.1) is 0 Å². The van der Waals surface area contributed by atoms with Crippen molar-refractivity contribution >= 4 is 0 Å². The van der Waals surface area contributed by atoms with Crippen molar-refractivity contribution in [2.75, 3.05) is 0 Å². The molecule has 0 radical (unpaired) electrons. The summed E-state index contributed by atoms with van der Waals surface area (Å²) in [4.78, 5) is 12.1. The highest BCUT2D eigenvalue weighted by atomic mass is 17.3. The summed E-state index contributed by atoms with van der Waals surface area (Å²) < 4.78 is 19.4. The summed E-state index contributed by atoms with van der Waals surface area (Å²) in [5.74, 6) is 0.978. The maximum absolute atomic E-state index is 6.51.